The third-order valence-corrected chi connectivity index (χ3v) is 3.28. The van der Waals surface area contributed by atoms with Gasteiger partial charge in [0.2, 0.25) is 0 Å². The summed E-state index contributed by atoms with van der Waals surface area (Å²) in [5, 5.41) is 1.87. The quantitative estimate of drug-likeness (QED) is 0.815. The van der Waals surface area contributed by atoms with Crippen LogP contribution in [0.3, 0.4) is 0 Å². The molecule has 17 heavy (non-hydrogen) atoms. The van der Waals surface area contributed by atoms with E-state index in [-0.39, 0.29) is 5.19 Å². The van der Waals surface area contributed by atoms with Crippen LogP contribution >= 0.6 is 11.3 Å². The number of hydrogen-bond acceptors (Lipinski definition) is 6. The van der Waals surface area contributed by atoms with Gasteiger partial charge in [-0.05, 0) is 5.56 Å². The lowest BCUT2D eigenvalue weighted by atomic mass is 10.1. The average molecular weight is 270 g/mol. The fraction of sp³-hybridized carbons (Fsp3) is 0.100. The maximum Gasteiger partial charge on any atom is 0.301 e. The Morgan fingerprint density at radius 1 is 1.29 bits per heavy atom. The molecule has 0 aliphatic carbocycles. The topological polar surface area (TPSA) is 82.3 Å². The maximum absolute atomic E-state index is 10.4. The minimum absolute atomic E-state index is 0.124. The van der Waals surface area contributed by atoms with Crippen LogP contribution in [0.5, 0.6) is 5.19 Å². The highest BCUT2D eigenvalue weighted by atomic mass is 32.2. The minimum atomic E-state index is -2.91. The molecular formula is C10H10N2O3S2. The molecule has 1 aromatic heterocycles. The zero-order chi connectivity index (χ0) is 12.3. The third-order valence-electron chi connectivity index (χ3n) is 2.12. The van der Waals surface area contributed by atoms with E-state index in [1.54, 1.807) is 5.38 Å². The fourth-order valence-corrected chi connectivity index (χ4v) is 2.38. The zero-order valence-electron chi connectivity index (χ0n) is 8.70. The molecule has 7 heteroatoms. The van der Waals surface area contributed by atoms with Crippen molar-refractivity contribution in [2.75, 3.05) is 0 Å². The largest absolute Gasteiger partial charge is 0.353 e. The lowest BCUT2D eigenvalue weighted by Crippen LogP contribution is -1.95. The van der Waals surface area contributed by atoms with Crippen molar-refractivity contribution in [3.05, 3.63) is 35.2 Å². The van der Waals surface area contributed by atoms with E-state index in [0.29, 0.717) is 12.2 Å². The second-order valence-electron chi connectivity index (χ2n) is 3.21. The van der Waals surface area contributed by atoms with Crippen LogP contribution in [0, 0.1) is 0 Å². The van der Waals surface area contributed by atoms with Gasteiger partial charge in [-0.3, -0.25) is 0 Å². The SMILES string of the molecule is NCc1ccc(-c2csc(O[SH](=O)=O)n2)cc1. The lowest BCUT2D eigenvalue weighted by Gasteiger charge is -1.98. The summed E-state index contributed by atoms with van der Waals surface area (Å²) >= 11 is 1.14. The summed E-state index contributed by atoms with van der Waals surface area (Å²) < 4.78 is 25.2. The van der Waals surface area contributed by atoms with Crippen molar-refractivity contribution >= 4 is 22.3 Å². The first-order chi connectivity index (χ1) is 8.19. The van der Waals surface area contributed by atoms with Crippen molar-refractivity contribution in [3.63, 3.8) is 0 Å². The molecule has 0 bridgehead atoms. The van der Waals surface area contributed by atoms with Gasteiger partial charge in [-0.25, -0.2) is 4.98 Å². The summed E-state index contributed by atoms with van der Waals surface area (Å²) in [5.74, 6) is 0. The molecule has 0 atom stereocenters. The van der Waals surface area contributed by atoms with Crippen LogP contribution in [0.4, 0.5) is 0 Å². The van der Waals surface area contributed by atoms with Crippen LogP contribution in [-0.4, -0.2) is 13.4 Å². The van der Waals surface area contributed by atoms with Crippen LogP contribution in [0.25, 0.3) is 11.3 Å². The summed E-state index contributed by atoms with van der Waals surface area (Å²) in [6.07, 6.45) is 0. The molecule has 0 amide bonds. The number of aromatic nitrogens is 1. The van der Waals surface area contributed by atoms with Crippen LogP contribution in [0.1, 0.15) is 5.56 Å². The number of benzene rings is 1. The Morgan fingerprint density at radius 3 is 2.59 bits per heavy atom. The molecule has 2 aromatic rings. The van der Waals surface area contributed by atoms with E-state index in [0.717, 1.165) is 22.5 Å². The molecule has 1 aromatic carbocycles. The Kier molecular flexibility index (Phi) is 3.72. The van der Waals surface area contributed by atoms with Crippen LogP contribution in [0.15, 0.2) is 29.6 Å². The molecule has 5 nitrogen and oxygen atoms in total. The van der Waals surface area contributed by atoms with Gasteiger partial charge in [0, 0.05) is 17.5 Å². The summed E-state index contributed by atoms with van der Waals surface area (Å²) in [6.45, 7) is 0.488. The molecule has 90 valence electrons. The summed E-state index contributed by atoms with van der Waals surface area (Å²) in [6, 6.07) is 7.59. The summed E-state index contributed by atoms with van der Waals surface area (Å²) in [4.78, 5) is 4.06. The predicted octanol–water partition coefficient (Wildman–Crippen LogP) is 1.17. The molecular weight excluding hydrogens is 260 g/mol. The molecule has 0 saturated heterocycles. The van der Waals surface area contributed by atoms with E-state index < -0.39 is 11.0 Å². The van der Waals surface area contributed by atoms with Gasteiger partial charge in [0.15, 0.2) is 0 Å². The second kappa shape index (κ2) is 5.26. The zero-order valence-corrected chi connectivity index (χ0v) is 10.4. The van der Waals surface area contributed by atoms with Gasteiger partial charge in [0.1, 0.15) is 0 Å². The number of hydrogen-bond donors (Lipinski definition) is 2. The summed E-state index contributed by atoms with van der Waals surface area (Å²) in [7, 11) is -2.91. The van der Waals surface area contributed by atoms with Crippen LogP contribution in [-0.2, 0) is 17.5 Å². The highest BCUT2D eigenvalue weighted by Gasteiger charge is 2.05. The molecule has 0 aliphatic rings. The van der Waals surface area contributed by atoms with Gasteiger partial charge in [0.25, 0.3) is 5.19 Å². The lowest BCUT2D eigenvalue weighted by molar-refractivity contribution is 0.509. The highest BCUT2D eigenvalue weighted by Crippen LogP contribution is 2.26. The molecule has 0 aliphatic heterocycles. The van der Waals surface area contributed by atoms with Crippen LogP contribution in [0.2, 0.25) is 0 Å². The molecule has 1 heterocycles. The van der Waals surface area contributed by atoms with Crippen molar-refractivity contribution in [3.8, 4) is 16.5 Å². The molecule has 2 rings (SSSR count). The highest BCUT2D eigenvalue weighted by molar-refractivity contribution is 7.67. The van der Waals surface area contributed by atoms with E-state index >= 15 is 0 Å². The van der Waals surface area contributed by atoms with Gasteiger partial charge in [-0.1, -0.05) is 35.6 Å². The molecule has 0 spiro atoms. The van der Waals surface area contributed by atoms with Gasteiger partial charge in [-0.15, -0.1) is 0 Å². The fourth-order valence-electron chi connectivity index (χ4n) is 1.31. The Labute approximate surface area is 104 Å². The van der Waals surface area contributed by atoms with Gasteiger partial charge >= 0.3 is 11.0 Å². The standard InChI is InChI=1S/C10H10N2O3S2/c11-5-7-1-3-8(4-2-7)9-6-16-10(12-9)15-17(13)14/h1-4,6,17H,5,11H2. The van der Waals surface area contributed by atoms with Crippen molar-refractivity contribution in [2.45, 2.75) is 6.54 Å². The van der Waals surface area contributed by atoms with E-state index in [1.165, 1.54) is 0 Å². The van der Waals surface area contributed by atoms with Crippen molar-refractivity contribution < 1.29 is 12.6 Å². The van der Waals surface area contributed by atoms with E-state index in [1.807, 2.05) is 24.3 Å². The Hall–Kier alpha value is -1.44. The minimum Gasteiger partial charge on any atom is -0.353 e. The van der Waals surface area contributed by atoms with E-state index in [9.17, 15) is 8.42 Å². The average Bonchev–Trinajstić information content (AvgIpc) is 2.77. The van der Waals surface area contributed by atoms with Crippen molar-refractivity contribution in [2.24, 2.45) is 5.73 Å². The first-order valence-corrected chi connectivity index (χ1v) is 6.74. The first-order valence-electron chi connectivity index (χ1n) is 4.76. The van der Waals surface area contributed by atoms with Crippen molar-refractivity contribution in [1.29, 1.82) is 0 Å². The second-order valence-corrected chi connectivity index (χ2v) is 4.67. The molecule has 0 radical (unpaired) electrons. The number of thiol groups is 1. The van der Waals surface area contributed by atoms with Crippen molar-refractivity contribution in [1.82, 2.24) is 4.98 Å². The normalized spacial score (nSPS) is 10.7. The smallest absolute Gasteiger partial charge is 0.301 e. The number of rotatable bonds is 4. The van der Waals surface area contributed by atoms with Gasteiger partial charge in [0.05, 0.1) is 5.69 Å². The summed E-state index contributed by atoms with van der Waals surface area (Å²) in [5.41, 5.74) is 8.11. The van der Waals surface area contributed by atoms with E-state index in [2.05, 4.69) is 9.17 Å². The molecule has 2 N–H and O–H groups in total. The molecule has 0 saturated carbocycles. The Balaban J connectivity index is 2.23. The maximum atomic E-state index is 10.4. The third kappa shape index (κ3) is 3.02. The number of nitrogens with zero attached hydrogens (tertiary/aromatic N) is 1. The number of nitrogens with two attached hydrogens (primary N) is 1. The van der Waals surface area contributed by atoms with Crippen LogP contribution < -0.4 is 9.92 Å². The predicted molar refractivity (Wildman–Crippen MR) is 66.4 cm³/mol. The van der Waals surface area contributed by atoms with Gasteiger partial charge in [-0.2, -0.15) is 8.42 Å². The Bertz CT molecular complexity index is 567. The number of thiazole rings is 1. The van der Waals surface area contributed by atoms with E-state index in [4.69, 9.17) is 5.73 Å². The Morgan fingerprint density at radius 2 is 2.00 bits per heavy atom. The molecule has 0 fully saturated rings. The monoisotopic (exact) mass is 270 g/mol. The first kappa shape index (κ1) is 12.0. The molecule has 0 unspecified atom stereocenters. The van der Waals surface area contributed by atoms with Gasteiger partial charge < -0.3 is 9.92 Å².